The van der Waals surface area contributed by atoms with Crippen molar-refractivity contribution in [3.05, 3.63) is 34.3 Å². The monoisotopic (exact) mass is 343 g/mol. The molecule has 0 aromatic heterocycles. The Morgan fingerprint density at radius 3 is 2.50 bits per heavy atom. The van der Waals surface area contributed by atoms with Crippen LogP contribution in [0.1, 0.15) is 26.3 Å². The molecule has 1 aromatic carbocycles. The van der Waals surface area contributed by atoms with E-state index in [-0.39, 0.29) is 6.54 Å². The molecule has 110 valence electrons. The van der Waals surface area contributed by atoms with Crippen LogP contribution in [0, 0.1) is 0 Å². The highest BCUT2D eigenvalue weighted by Gasteiger charge is 2.24. The molecule has 6 heteroatoms. The number of hydrogen-bond acceptors (Lipinski definition) is 3. The number of carbonyl (C=O) groups is 2. The minimum absolute atomic E-state index is 0.181. The third-order valence-electron chi connectivity index (χ3n) is 2.24. The van der Waals surface area contributed by atoms with Gasteiger partial charge in [-0.25, -0.2) is 4.79 Å². The first kappa shape index (κ1) is 16.5. The molecule has 1 rings (SSSR count). The standard InChI is InChI=1S/C14H18BrNO4/c1-14(2,3)20-13(19)16(9-12(17)18)8-10-5-4-6-11(15)7-10/h4-7H,8-9H2,1-3H3,(H,17,18). The van der Waals surface area contributed by atoms with Crippen LogP contribution < -0.4 is 0 Å². The number of ether oxygens (including phenoxy) is 1. The molecule has 0 bridgehead atoms. The van der Waals surface area contributed by atoms with Crippen molar-refractivity contribution in [3.63, 3.8) is 0 Å². The number of benzene rings is 1. The van der Waals surface area contributed by atoms with E-state index in [2.05, 4.69) is 15.9 Å². The van der Waals surface area contributed by atoms with Crippen molar-refractivity contribution in [3.8, 4) is 0 Å². The van der Waals surface area contributed by atoms with Gasteiger partial charge in [-0.1, -0.05) is 28.1 Å². The lowest BCUT2D eigenvalue weighted by atomic mass is 10.2. The Morgan fingerprint density at radius 2 is 2.00 bits per heavy atom. The fourth-order valence-electron chi connectivity index (χ4n) is 1.53. The average Bonchev–Trinajstić information content (AvgIpc) is 2.25. The molecule has 0 saturated carbocycles. The molecule has 5 nitrogen and oxygen atoms in total. The quantitative estimate of drug-likeness (QED) is 0.910. The van der Waals surface area contributed by atoms with Gasteiger partial charge in [0.25, 0.3) is 0 Å². The Kier molecular flexibility index (Phi) is 5.56. The van der Waals surface area contributed by atoms with E-state index in [1.807, 2.05) is 24.3 Å². The molecule has 0 unspecified atom stereocenters. The number of carbonyl (C=O) groups excluding carboxylic acids is 1. The van der Waals surface area contributed by atoms with Gasteiger partial charge in [-0.2, -0.15) is 0 Å². The summed E-state index contributed by atoms with van der Waals surface area (Å²) in [5.74, 6) is -1.08. The van der Waals surface area contributed by atoms with Gasteiger partial charge in [-0.3, -0.25) is 9.69 Å². The second-order valence-corrected chi connectivity index (χ2v) is 6.28. The summed E-state index contributed by atoms with van der Waals surface area (Å²) in [4.78, 5) is 24.1. The van der Waals surface area contributed by atoms with Crippen LogP contribution in [-0.4, -0.2) is 34.2 Å². The number of rotatable bonds is 4. The van der Waals surface area contributed by atoms with Gasteiger partial charge in [-0.15, -0.1) is 0 Å². The van der Waals surface area contributed by atoms with Gasteiger partial charge in [0.2, 0.25) is 0 Å². The second kappa shape index (κ2) is 6.74. The highest BCUT2D eigenvalue weighted by Crippen LogP contribution is 2.16. The van der Waals surface area contributed by atoms with Crippen molar-refractivity contribution in [2.45, 2.75) is 32.9 Å². The van der Waals surface area contributed by atoms with Crippen LogP contribution in [-0.2, 0) is 16.1 Å². The minimum Gasteiger partial charge on any atom is -0.480 e. The summed E-state index contributed by atoms with van der Waals surface area (Å²) in [7, 11) is 0. The number of hydrogen-bond donors (Lipinski definition) is 1. The zero-order valence-electron chi connectivity index (χ0n) is 11.7. The number of halogens is 1. The third kappa shape index (κ3) is 6.06. The first-order valence-electron chi connectivity index (χ1n) is 6.11. The molecule has 0 aliphatic rings. The van der Waals surface area contributed by atoms with Crippen molar-refractivity contribution in [2.24, 2.45) is 0 Å². The van der Waals surface area contributed by atoms with Gasteiger partial charge >= 0.3 is 12.1 Å². The zero-order chi connectivity index (χ0) is 15.3. The topological polar surface area (TPSA) is 66.8 Å². The number of amides is 1. The number of nitrogens with zero attached hydrogens (tertiary/aromatic N) is 1. The Bertz CT molecular complexity index is 496. The van der Waals surface area contributed by atoms with Crippen LogP contribution in [0.3, 0.4) is 0 Å². The lowest BCUT2D eigenvalue weighted by Crippen LogP contribution is -2.39. The lowest BCUT2D eigenvalue weighted by Gasteiger charge is -2.26. The maximum Gasteiger partial charge on any atom is 0.411 e. The molecular formula is C14H18BrNO4. The normalized spacial score (nSPS) is 11.0. The van der Waals surface area contributed by atoms with E-state index in [0.29, 0.717) is 0 Å². The maximum absolute atomic E-state index is 12.0. The van der Waals surface area contributed by atoms with Gasteiger partial charge in [0.1, 0.15) is 12.1 Å². The van der Waals surface area contributed by atoms with Crippen molar-refractivity contribution in [1.82, 2.24) is 4.90 Å². The molecule has 0 heterocycles. The van der Waals surface area contributed by atoms with Crippen LogP contribution >= 0.6 is 15.9 Å². The summed E-state index contributed by atoms with van der Waals surface area (Å²) in [5.41, 5.74) is 0.164. The second-order valence-electron chi connectivity index (χ2n) is 5.36. The third-order valence-corrected chi connectivity index (χ3v) is 2.73. The summed E-state index contributed by atoms with van der Waals surface area (Å²) in [6, 6.07) is 7.34. The fourth-order valence-corrected chi connectivity index (χ4v) is 1.98. The lowest BCUT2D eigenvalue weighted by molar-refractivity contribution is -0.138. The van der Waals surface area contributed by atoms with Gasteiger partial charge in [0, 0.05) is 11.0 Å². The molecule has 0 atom stereocenters. The molecule has 1 aromatic rings. The summed E-state index contributed by atoms with van der Waals surface area (Å²) in [5, 5.41) is 8.91. The maximum atomic E-state index is 12.0. The number of carboxylic acid groups (broad SMARTS) is 1. The van der Waals surface area contributed by atoms with E-state index >= 15 is 0 Å². The van der Waals surface area contributed by atoms with Crippen molar-refractivity contribution in [2.75, 3.05) is 6.54 Å². The fraction of sp³-hybridized carbons (Fsp3) is 0.429. The van der Waals surface area contributed by atoms with Crippen LogP contribution in [0.2, 0.25) is 0 Å². The molecule has 1 N–H and O–H groups in total. The Labute approximate surface area is 126 Å². The number of aliphatic carboxylic acids is 1. The van der Waals surface area contributed by atoms with E-state index in [4.69, 9.17) is 9.84 Å². The molecule has 0 fully saturated rings. The van der Waals surface area contributed by atoms with Gasteiger partial charge in [-0.05, 0) is 38.5 Å². The van der Waals surface area contributed by atoms with Crippen LogP contribution in [0.4, 0.5) is 4.79 Å². The first-order valence-corrected chi connectivity index (χ1v) is 6.91. The average molecular weight is 344 g/mol. The highest BCUT2D eigenvalue weighted by atomic mass is 79.9. The zero-order valence-corrected chi connectivity index (χ0v) is 13.3. The van der Waals surface area contributed by atoms with Gasteiger partial charge in [0.15, 0.2) is 0 Å². The SMILES string of the molecule is CC(C)(C)OC(=O)N(CC(=O)O)Cc1cccc(Br)c1. The molecule has 0 spiro atoms. The largest absolute Gasteiger partial charge is 0.480 e. The molecular weight excluding hydrogens is 326 g/mol. The smallest absolute Gasteiger partial charge is 0.411 e. The summed E-state index contributed by atoms with van der Waals surface area (Å²) >= 11 is 3.34. The Balaban J connectivity index is 2.84. The predicted octanol–water partition coefficient (Wildman–Crippen LogP) is 3.27. The van der Waals surface area contributed by atoms with E-state index in [9.17, 15) is 9.59 Å². The van der Waals surface area contributed by atoms with Crippen LogP contribution in [0.15, 0.2) is 28.7 Å². The molecule has 0 aliphatic carbocycles. The van der Waals surface area contributed by atoms with E-state index in [1.54, 1.807) is 20.8 Å². The van der Waals surface area contributed by atoms with Crippen LogP contribution in [0.25, 0.3) is 0 Å². The van der Waals surface area contributed by atoms with Crippen molar-refractivity contribution < 1.29 is 19.4 Å². The molecule has 1 amide bonds. The summed E-state index contributed by atoms with van der Waals surface area (Å²) < 4.78 is 6.09. The molecule has 0 aliphatic heterocycles. The summed E-state index contributed by atoms with van der Waals surface area (Å²) in [6.07, 6.45) is -0.639. The first-order chi connectivity index (χ1) is 9.17. The molecule has 20 heavy (non-hydrogen) atoms. The molecule has 0 saturated heterocycles. The predicted molar refractivity (Wildman–Crippen MR) is 78.4 cm³/mol. The minimum atomic E-state index is -1.08. The van der Waals surface area contributed by atoms with E-state index in [0.717, 1.165) is 14.9 Å². The highest BCUT2D eigenvalue weighted by molar-refractivity contribution is 9.10. The Morgan fingerprint density at radius 1 is 1.35 bits per heavy atom. The Hall–Kier alpha value is -1.56. The van der Waals surface area contributed by atoms with E-state index < -0.39 is 24.2 Å². The van der Waals surface area contributed by atoms with E-state index in [1.165, 1.54) is 0 Å². The molecule has 0 radical (unpaired) electrons. The van der Waals surface area contributed by atoms with Crippen molar-refractivity contribution in [1.29, 1.82) is 0 Å². The van der Waals surface area contributed by atoms with Gasteiger partial charge in [0.05, 0.1) is 0 Å². The van der Waals surface area contributed by atoms with Gasteiger partial charge < -0.3 is 9.84 Å². The van der Waals surface area contributed by atoms with Crippen molar-refractivity contribution >= 4 is 28.0 Å². The van der Waals surface area contributed by atoms with Crippen LogP contribution in [0.5, 0.6) is 0 Å². The number of carboxylic acids is 1. The summed E-state index contributed by atoms with van der Waals surface area (Å²) in [6.45, 7) is 5.00.